The first kappa shape index (κ1) is 18.3. The minimum absolute atomic E-state index is 0.107. The minimum Gasteiger partial charge on any atom is -0.348 e. The van der Waals surface area contributed by atoms with E-state index in [1.807, 2.05) is 11.5 Å². The van der Waals surface area contributed by atoms with Gasteiger partial charge in [-0.2, -0.15) is 11.8 Å². The maximum absolute atomic E-state index is 12.1. The molecule has 9 heteroatoms. The van der Waals surface area contributed by atoms with Crippen molar-refractivity contribution in [1.29, 1.82) is 0 Å². The van der Waals surface area contributed by atoms with Gasteiger partial charge in [0.15, 0.2) is 5.82 Å². The number of hydrogen-bond acceptors (Lipinski definition) is 5. The van der Waals surface area contributed by atoms with Crippen molar-refractivity contribution in [2.45, 2.75) is 39.1 Å². The van der Waals surface area contributed by atoms with E-state index in [0.29, 0.717) is 13.1 Å². The molecule has 0 unspecified atom stereocenters. The molecule has 2 rings (SSSR count). The van der Waals surface area contributed by atoms with E-state index in [0.717, 1.165) is 28.7 Å². The summed E-state index contributed by atoms with van der Waals surface area (Å²) in [4.78, 5) is 21.1. The number of rotatable bonds is 8. The molecule has 2 N–H and O–H groups in total. The van der Waals surface area contributed by atoms with Crippen LogP contribution in [0.25, 0.3) is 0 Å². The van der Waals surface area contributed by atoms with Gasteiger partial charge in [-0.1, -0.05) is 0 Å². The summed E-state index contributed by atoms with van der Waals surface area (Å²) in [7, 11) is 1.76. The number of carbonyl (C=O) groups excluding carboxylic acids is 1. The van der Waals surface area contributed by atoms with E-state index in [2.05, 4.69) is 39.3 Å². The summed E-state index contributed by atoms with van der Waals surface area (Å²) in [6, 6.07) is 0.165. The Kier molecular flexibility index (Phi) is 6.65. The number of aryl methyl sites for hydroxylation is 1. The molecule has 132 valence electrons. The Morgan fingerprint density at radius 1 is 1.50 bits per heavy atom. The molecule has 0 aliphatic rings. The SMILES string of the molecule is Cc1[nH]cnc1CSCCNC(=O)N(C)Cc1nncn1C(C)C. The van der Waals surface area contributed by atoms with Crippen molar-refractivity contribution in [2.75, 3.05) is 19.3 Å². The van der Waals surface area contributed by atoms with Crippen LogP contribution in [0.15, 0.2) is 12.7 Å². The van der Waals surface area contributed by atoms with Gasteiger partial charge in [0.1, 0.15) is 6.33 Å². The zero-order valence-corrected chi connectivity index (χ0v) is 15.4. The van der Waals surface area contributed by atoms with Crippen LogP contribution >= 0.6 is 11.8 Å². The van der Waals surface area contributed by atoms with Gasteiger partial charge in [0.2, 0.25) is 0 Å². The highest BCUT2D eigenvalue weighted by Crippen LogP contribution is 2.12. The van der Waals surface area contributed by atoms with Crippen molar-refractivity contribution in [2.24, 2.45) is 0 Å². The fourth-order valence-electron chi connectivity index (χ4n) is 2.16. The topological polar surface area (TPSA) is 91.7 Å². The molecule has 0 aromatic carbocycles. The predicted octanol–water partition coefficient (Wildman–Crippen LogP) is 1.97. The first-order chi connectivity index (χ1) is 11.5. The average Bonchev–Trinajstić information content (AvgIpc) is 3.16. The number of nitrogens with one attached hydrogen (secondary N) is 2. The third-order valence-electron chi connectivity index (χ3n) is 3.62. The van der Waals surface area contributed by atoms with E-state index in [9.17, 15) is 4.79 Å². The predicted molar refractivity (Wildman–Crippen MR) is 94.8 cm³/mol. The van der Waals surface area contributed by atoms with Crippen LogP contribution in [0, 0.1) is 6.92 Å². The average molecular weight is 351 g/mol. The molecule has 0 fully saturated rings. The van der Waals surface area contributed by atoms with E-state index in [-0.39, 0.29) is 12.1 Å². The fraction of sp³-hybridized carbons (Fsp3) is 0.600. The highest BCUT2D eigenvalue weighted by atomic mass is 32.2. The number of thioether (sulfide) groups is 1. The van der Waals surface area contributed by atoms with Crippen LogP contribution in [0.3, 0.4) is 0 Å². The van der Waals surface area contributed by atoms with Crippen molar-refractivity contribution in [3.63, 3.8) is 0 Å². The van der Waals surface area contributed by atoms with Crippen molar-refractivity contribution >= 4 is 17.8 Å². The smallest absolute Gasteiger partial charge is 0.317 e. The monoisotopic (exact) mass is 351 g/mol. The first-order valence-electron chi connectivity index (χ1n) is 7.93. The number of hydrogen-bond donors (Lipinski definition) is 2. The zero-order valence-electron chi connectivity index (χ0n) is 14.6. The summed E-state index contributed by atoms with van der Waals surface area (Å²) >= 11 is 1.75. The maximum Gasteiger partial charge on any atom is 0.317 e. The lowest BCUT2D eigenvalue weighted by Gasteiger charge is -2.19. The summed E-state index contributed by atoms with van der Waals surface area (Å²) in [5.74, 6) is 2.47. The number of carbonyl (C=O) groups is 1. The Hall–Kier alpha value is -2.03. The van der Waals surface area contributed by atoms with Crippen LogP contribution in [0.1, 0.15) is 37.1 Å². The van der Waals surface area contributed by atoms with Gasteiger partial charge in [0, 0.05) is 36.8 Å². The number of H-pyrrole nitrogens is 1. The van der Waals surface area contributed by atoms with E-state index in [4.69, 9.17) is 0 Å². The molecule has 2 heterocycles. The molecule has 2 amide bonds. The number of amides is 2. The molecule has 2 aromatic heterocycles. The van der Waals surface area contributed by atoms with E-state index in [1.54, 1.807) is 36.4 Å². The van der Waals surface area contributed by atoms with Crippen LogP contribution < -0.4 is 5.32 Å². The fourth-order valence-corrected chi connectivity index (χ4v) is 3.04. The number of urea groups is 1. The lowest BCUT2D eigenvalue weighted by Crippen LogP contribution is -2.38. The summed E-state index contributed by atoms with van der Waals surface area (Å²) in [5.41, 5.74) is 2.16. The van der Waals surface area contributed by atoms with Gasteiger partial charge in [0.05, 0.1) is 18.6 Å². The Balaban J connectivity index is 1.68. The van der Waals surface area contributed by atoms with E-state index >= 15 is 0 Å². The van der Waals surface area contributed by atoms with Crippen LogP contribution in [0.2, 0.25) is 0 Å². The van der Waals surface area contributed by atoms with Crippen LogP contribution in [-0.4, -0.2) is 55.0 Å². The molecule has 0 saturated carbocycles. The van der Waals surface area contributed by atoms with Crippen molar-refractivity contribution in [3.05, 3.63) is 29.9 Å². The maximum atomic E-state index is 12.1. The van der Waals surface area contributed by atoms with Gasteiger partial charge in [-0.15, -0.1) is 10.2 Å². The number of aromatic nitrogens is 5. The lowest BCUT2D eigenvalue weighted by molar-refractivity contribution is 0.205. The molecule has 0 aliphatic carbocycles. The number of imidazole rings is 1. The molecule has 0 spiro atoms. The van der Waals surface area contributed by atoms with Gasteiger partial charge in [-0.3, -0.25) is 0 Å². The second-order valence-electron chi connectivity index (χ2n) is 5.86. The standard InChI is InChI=1S/C15H25N7OS/c1-11(2)22-10-19-20-14(22)7-21(4)15(23)16-5-6-24-8-13-12(3)17-9-18-13/h9-11H,5-8H2,1-4H3,(H,16,23)(H,17,18). The van der Waals surface area contributed by atoms with E-state index in [1.165, 1.54) is 0 Å². The molecule has 0 aliphatic heterocycles. The summed E-state index contributed by atoms with van der Waals surface area (Å²) in [6.07, 6.45) is 3.40. The van der Waals surface area contributed by atoms with Crippen molar-refractivity contribution in [3.8, 4) is 0 Å². The quantitative estimate of drug-likeness (QED) is 0.710. The zero-order chi connectivity index (χ0) is 17.5. The molecule has 24 heavy (non-hydrogen) atoms. The van der Waals surface area contributed by atoms with Crippen molar-refractivity contribution in [1.82, 2.24) is 34.9 Å². The molecule has 2 aromatic rings. The van der Waals surface area contributed by atoms with Crippen LogP contribution in [0.5, 0.6) is 0 Å². The summed E-state index contributed by atoms with van der Waals surface area (Å²) in [6.45, 7) is 7.18. The Labute approximate surface area is 146 Å². The number of aromatic amines is 1. The first-order valence-corrected chi connectivity index (χ1v) is 9.08. The molecule has 0 bridgehead atoms. The second kappa shape index (κ2) is 8.72. The molecular weight excluding hydrogens is 326 g/mol. The molecular formula is C15H25N7OS. The van der Waals surface area contributed by atoms with Gasteiger partial charge in [-0.05, 0) is 20.8 Å². The van der Waals surface area contributed by atoms with E-state index < -0.39 is 0 Å². The lowest BCUT2D eigenvalue weighted by atomic mass is 10.4. The number of nitrogens with zero attached hydrogens (tertiary/aromatic N) is 5. The highest BCUT2D eigenvalue weighted by Gasteiger charge is 2.14. The third-order valence-corrected chi connectivity index (χ3v) is 4.59. The van der Waals surface area contributed by atoms with Crippen LogP contribution in [-0.2, 0) is 12.3 Å². The normalized spacial score (nSPS) is 11.0. The second-order valence-corrected chi connectivity index (χ2v) is 6.97. The van der Waals surface area contributed by atoms with Gasteiger partial charge >= 0.3 is 6.03 Å². The Morgan fingerprint density at radius 3 is 2.96 bits per heavy atom. The summed E-state index contributed by atoms with van der Waals surface area (Å²) in [5, 5.41) is 10.9. The minimum atomic E-state index is -0.107. The molecule has 8 nitrogen and oxygen atoms in total. The summed E-state index contributed by atoms with van der Waals surface area (Å²) < 4.78 is 1.96. The highest BCUT2D eigenvalue weighted by molar-refractivity contribution is 7.98. The molecule has 0 saturated heterocycles. The Morgan fingerprint density at radius 2 is 2.29 bits per heavy atom. The Bertz CT molecular complexity index is 652. The van der Waals surface area contributed by atoms with Gasteiger partial charge in [0.25, 0.3) is 0 Å². The molecule has 0 atom stereocenters. The third kappa shape index (κ3) is 4.98. The van der Waals surface area contributed by atoms with Gasteiger partial charge < -0.3 is 19.8 Å². The molecule has 0 radical (unpaired) electrons. The van der Waals surface area contributed by atoms with Gasteiger partial charge in [-0.25, -0.2) is 9.78 Å². The largest absolute Gasteiger partial charge is 0.348 e. The van der Waals surface area contributed by atoms with Crippen molar-refractivity contribution < 1.29 is 4.79 Å². The van der Waals surface area contributed by atoms with Crippen LogP contribution in [0.4, 0.5) is 4.79 Å².